The Morgan fingerprint density at radius 1 is 1.17 bits per heavy atom. The number of nitrogens with zero attached hydrogens (tertiary/aromatic N) is 5. The van der Waals surface area contributed by atoms with Gasteiger partial charge in [-0.15, -0.1) is 0 Å². The molecule has 0 bridgehead atoms. The molecule has 2 aromatic carbocycles. The first-order valence-corrected chi connectivity index (χ1v) is 14.4. The van der Waals surface area contributed by atoms with Crippen molar-refractivity contribution in [3.63, 3.8) is 0 Å². The summed E-state index contributed by atoms with van der Waals surface area (Å²) in [4.78, 5) is 26.9. The van der Waals surface area contributed by atoms with Crippen LogP contribution < -0.4 is 15.4 Å². The number of anilines is 4. The Labute approximate surface area is 251 Å². The Kier molecular flexibility index (Phi) is 10.9. The van der Waals surface area contributed by atoms with Gasteiger partial charge in [-0.25, -0.2) is 9.37 Å². The fraction of sp³-hybridized carbons (Fsp3) is 0.433. The Balaban J connectivity index is 1.51. The topological polar surface area (TPSA) is 106 Å². The van der Waals surface area contributed by atoms with E-state index in [1.807, 2.05) is 17.9 Å². The lowest BCUT2D eigenvalue weighted by Crippen LogP contribution is -2.37. The van der Waals surface area contributed by atoms with E-state index in [0.717, 1.165) is 31.6 Å². The van der Waals surface area contributed by atoms with Crippen molar-refractivity contribution in [2.75, 3.05) is 71.2 Å². The number of amides is 1. The summed E-state index contributed by atoms with van der Waals surface area (Å²) in [5, 5.41) is 16.0. The van der Waals surface area contributed by atoms with E-state index in [-0.39, 0.29) is 18.3 Å². The molecule has 1 aliphatic heterocycles. The maximum absolute atomic E-state index is 14.5. The Hall–Kier alpha value is -3.51. The standard InChI is InChI=1S/C30H39ClFN7O3/c1-5-38(12-13-40)18-22-14-23(6-7-25(22)32)34-29-24(31)17-33-30(36-29)35-26-15-20-8-10-39(19-28(41)37(2)3)11-9-21(20)16-27(26)42-4/h6-7,14-17,40H,5,8-13,18-19H2,1-4H3,(H2,33,34,35,36). The number of likely N-dealkylation sites (N-methyl/N-ethyl adjacent to an activating group) is 2. The summed E-state index contributed by atoms with van der Waals surface area (Å²) in [5.74, 6) is 1.10. The van der Waals surface area contributed by atoms with Gasteiger partial charge in [-0.2, -0.15) is 4.98 Å². The number of hydrogen-bond donors (Lipinski definition) is 3. The molecule has 0 saturated carbocycles. The van der Waals surface area contributed by atoms with Gasteiger partial charge in [-0.1, -0.05) is 18.5 Å². The molecule has 3 N–H and O–H groups in total. The second-order valence-electron chi connectivity index (χ2n) is 10.4. The van der Waals surface area contributed by atoms with Crippen LogP contribution in [0.1, 0.15) is 23.6 Å². The van der Waals surface area contributed by atoms with Gasteiger partial charge in [-0.05, 0) is 60.8 Å². The molecule has 1 aromatic heterocycles. The number of aromatic nitrogens is 2. The summed E-state index contributed by atoms with van der Waals surface area (Å²) in [6, 6.07) is 8.81. The number of aliphatic hydroxyl groups is 1. The number of carbonyl (C=O) groups is 1. The number of ether oxygens (including phenoxy) is 1. The van der Waals surface area contributed by atoms with Crippen LogP contribution in [0.3, 0.4) is 0 Å². The minimum Gasteiger partial charge on any atom is -0.495 e. The van der Waals surface area contributed by atoms with E-state index in [9.17, 15) is 14.3 Å². The van der Waals surface area contributed by atoms with Crippen molar-refractivity contribution in [2.45, 2.75) is 26.3 Å². The largest absolute Gasteiger partial charge is 0.495 e. The first kappa shape index (κ1) is 31.4. The number of benzene rings is 2. The van der Waals surface area contributed by atoms with E-state index in [4.69, 9.17) is 16.3 Å². The Bertz CT molecular complexity index is 1390. The molecule has 10 nitrogen and oxygen atoms in total. The molecule has 2 heterocycles. The maximum atomic E-state index is 14.5. The summed E-state index contributed by atoms with van der Waals surface area (Å²) in [6.45, 7) is 5.45. The number of fused-ring (bicyclic) bond motifs is 1. The summed E-state index contributed by atoms with van der Waals surface area (Å²) in [6.07, 6.45) is 3.11. The molecule has 3 aromatic rings. The van der Waals surface area contributed by atoms with Crippen LogP contribution in [0, 0.1) is 5.82 Å². The highest BCUT2D eigenvalue weighted by atomic mass is 35.5. The zero-order chi connectivity index (χ0) is 30.2. The van der Waals surface area contributed by atoms with E-state index >= 15 is 0 Å². The molecule has 0 fully saturated rings. The monoisotopic (exact) mass is 599 g/mol. The van der Waals surface area contributed by atoms with Crippen molar-refractivity contribution in [1.82, 2.24) is 24.7 Å². The van der Waals surface area contributed by atoms with Gasteiger partial charge < -0.3 is 25.4 Å². The molecular weight excluding hydrogens is 561 g/mol. The maximum Gasteiger partial charge on any atom is 0.236 e. The van der Waals surface area contributed by atoms with Crippen molar-refractivity contribution >= 4 is 40.6 Å². The van der Waals surface area contributed by atoms with Crippen LogP contribution in [0.4, 0.5) is 27.5 Å². The summed E-state index contributed by atoms with van der Waals surface area (Å²) < 4.78 is 20.2. The first-order valence-electron chi connectivity index (χ1n) is 14.0. The predicted octanol–water partition coefficient (Wildman–Crippen LogP) is 4.07. The Morgan fingerprint density at radius 3 is 2.57 bits per heavy atom. The molecule has 1 aliphatic rings. The first-order chi connectivity index (χ1) is 20.2. The minimum absolute atomic E-state index is 0.00491. The number of methoxy groups -OCH3 is 1. The van der Waals surface area contributed by atoms with E-state index in [1.54, 1.807) is 38.2 Å². The van der Waals surface area contributed by atoms with Crippen LogP contribution in [0.25, 0.3) is 0 Å². The van der Waals surface area contributed by atoms with Crippen LogP contribution in [-0.2, 0) is 24.2 Å². The fourth-order valence-corrected chi connectivity index (χ4v) is 4.97. The molecule has 0 radical (unpaired) electrons. The molecule has 0 unspecified atom stereocenters. The zero-order valence-corrected chi connectivity index (χ0v) is 25.3. The lowest BCUT2D eigenvalue weighted by molar-refractivity contribution is -0.129. The van der Waals surface area contributed by atoms with Gasteiger partial charge in [0.05, 0.1) is 32.1 Å². The molecule has 0 atom stereocenters. The molecular formula is C30H39ClFN7O3. The van der Waals surface area contributed by atoms with Crippen molar-refractivity contribution < 1.29 is 19.0 Å². The number of hydrogen-bond acceptors (Lipinski definition) is 9. The second kappa shape index (κ2) is 14.6. The number of rotatable bonds is 12. The fourth-order valence-electron chi connectivity index (χ4n) is 4.84. The molecule has 226 valence electrons. The highest BCUT2D eigenvalue weighted by Crippen LogP contribution is 2.33. The molecule has 4 rings (SSSR count). The SMILES string of the molecule is CCN(CCO)Cc1cc(Nc2nc(Nc3cc4c(cc3OC)CCN(CC(=O)N(C)C)CC4)ncc2Cl)ccc1F. The van der Waals surface area contributed by atoms with Gasteiger partial charge in [0, 0.05) is 51.5 Å². The van der Waals surface area contributed by atoms with Crippen LogP contribution in [0.2, 0.25) is 5.02 Å². The highest BCUT2D eigenvalue weighted by molar-refractivity contribution is 6.32. The quantitative estimate of drug-likeness (QED) is 0.284. The molecule has 0 spiro atoms. The van der Waals surface area contributed by atoms with Crippen molar-refractivity contribution in [3.05, 3.63) is 64.1 Å². The third-order valence-corrected chi connectivity index (χ3v) is 7.61. The van der Waals surface area contributed by atoms with Gasteiger partial charge in [0.2, 0.25) is 11.9 Å². The normalized spacial score (nSPS) is 13.4. The van der Waals surface area contributed by atoms with Crippen LogP contribution >= 0.6 is 11.6 Å². The van der Waals surface area contributed by atoms with Crippen LogP contribution in [-0.4, -0.2) is 96.2 Å². The molecule has 42 heavy (non-hydrogen) atoms. The lowest BCUT2D eigenvalue weighted by Gasteiger charge is -2.21. The smallest absolute Gasteiger partial charge is 0.236 e. The molecule has 12 heteroatoms. The van der Waals surface area contributed by atoms with Crippen molar-refractivity contribution in [2.24, 2.45) is 0 Å². The van der Waals surface area contributed by atoms with Crippen molar-refractivity contribution in [3.8, 4) is 5.75 Å². The molecule has 0 saturated heterocycles. The molecule has 0 aliphatic carbocycles. The van der Waals surface area contributed by atoms with Gasteiger partial charge in [0.1, 0.15) is 16.6 Å². The van der Waals surface area contributed by atoms with Crippen molar-refractivity contribution in [1.29, 1.82) is 0 Å². The zero-order valence-electron chi connectivity index (χ0n) is 24.6. The number of nitrogens with one attached hydrogen (secondary N) is 2. The summed E-state index contributed by atoms with van der Waals surface area (Å²) in [7, 11) is 5.16. The number of halogens is 2. The van der Waals surface area contributed by atoms with Gasteiger partial charge in [-0.3, -0.25) is 14.6 Å². The summed E-state index contributed by atoms with van der Waals surface area (Å²) >= 11 is 6.43. The van der Waals surface area contributed by atoms with Crippen LogP contribution in [0.15, 0.2) is 36.5 Å². The summed E-state index contributed by atoms with van der Waals surface area (Å²) in [5.41, 5.74) is 4.20. The van der Waals surface area contributed by atoms with E-state index < -0.39 is 0 Å². The minimum atomic E-state index is -0.323. The Morgan fingerprint density at radius 2 is 1.90 bits per heavy atom. The average Bonchev–Trinajstić information content (AvgIpc) is 3.17. The average molecular weight is 600 g/mol. The number of carbonyl (C=O) groups excluding carboxylic acids is 1. The van der Waals surface area contributed by atoms with Gasteiger partial charge >= 0.3 is 0 Å². The predicted molar refractivity (Wildman–Crippen MR) is 164 cm³/mol. The molecule has 1 amide bonds. The van der Waals surface area contributed by atoms with E-state index in [0.29, 0.717) is 60.0 Å². The lowest BCUT2D eigenvalue weighted by atomic mass is 10.0. The second-order valence-corrected chi connectivity index (χ2v) is 10.8. The third kappa shape index (κ3) is 8.07. The highest BCUT2D eigenvalue weighted by Gasteiger charge is 2.20. The van der Waals surface area contributed by atoms with E-state index in [2.05, 4.69) is 31.6 Å². The third-order valence-electron chi connectivity index (χ3n) is 7.33. The van der Waals surface area contributed by atoms with Gasteiger partial charge in [0.25, 0.3) is 0 Å². The van der Waals surface area contributed by atoms with Gasteiger partial charge in [0.15, 0.2) is 5.82 Å². The van der Waals surface area contributed by atoms with Crippen LogP contribution in [0.5, 0.6) is 5.75 Å². The number of aliphatic hydroxyl groups excluding tert-OH is 1. The van der Waals surface area contributed by atoms with E-state index in [1.165, 1.54) is 23.4 Å².